The van der Waals surface area contributed by atoms with Crippen LogP contribution in [0.15, 0.2) is 42.5 Å². The summed E-state index contributed by atoms with van der Waals surface area (Å²) in [6, 6.07) is 12.3. The summed E-state index contributed by atoms with van der Waals surface area (Å²) >= 11 is 17.8. The quantitative estimate of drug-likeness (QED) is 0.852. The molecular formula is C15H12Cl3NO2. The van der Waals surface area contributed by atoms with Gasteiger partial charge in [0.15, 0.2) is 0 Å². The van der Waals surface area contributed by atoms with E-state index in [1.165, 1.54) is 0 Å². The fraction of sp³-hybridized carbons (Fsp3) is 0.133. The van der Waals surface area contributed by atoms with E-state index in [1.54, 1.807) is 35.2 Å². The summed E-state index contributed by atoms with van der Waals surface area (Å²) in [6.45, 7) is 0.254. The zero-order chi connectivity index (χ0) is 15.4. The second kappa shape index (κ2) is 7.03. The number of aliphatic carboxylic acids is 1. The molecule has 0 radical (unpaired) electrons. The highest BCUT2D eigenvalue weighted by Crippen LogP contribution is 2.25. The van der Waals surface area contributed by atoms with Gasteiger partial charge in [-0.25, -0.2) is 0 Å². The number of carboxylic acids is 1. The molecule has 0 aliphatic carbocycles. The predicted molar refractivity (Wildman–Crippen MR) is 86.6 cm³/mol. The Morgan fingerprint density at radius 3 is 2.43 bits per heavy atom. The number of rotatable bonds is 5. The first-order chi connectivity index (χ1) is 9.95. The van der Waals surface area contributed by atoms with E-state index in [0.29, 0.717) is 21.6 Å². The van der Waals surface area contributed by atoms with Crippen LogP contribution in [0.25, 0.3) is 0 Å². The highest BCUT2D eigenvalue weighted by Gasteiger charge is 2.12. The van der Waals surface area contributed by atoms with E-state index in [2.05, 4.69) is 0 Å². The normalized spacial score (nSPS) is 10.4. The molecule has 1 N–H and O–H groups in total. The third-order valence-electron chi connectivity index (χ3n) is 2.86. The maximum absolute atomic E-state index is 11.1. The van der Waals surface area contributed by atoms with Gasteiger partial charge in [-0.1, -0.05) is 46.9 Å². The predicted octanol–water partition coefficient (Wildman–Crippen LogP) is 4.74. The number of hydrogen-bond acceptors (Lipinski definition) is 2. The van der Waals surface area contributed by atoms with Crippen LogP contribution in [0, 0.1) is 0 Å². The Balaban J connectivity index is 2.27. The zero-order valence-corrected chi connectivity index (χ0v) is 13.2. The van der Waals surface area contributed by atoms with Gasteiger partial charge >= 0.3 is 5.97 Å². The molecule has 0 spiro atoms. The van der Waals surface area contributed by atoms with Crippen LogP contribution in [0.3, 0.4) is 0 Å². The molecule has 0 unspecified atom stereocenters. The van der Waals surface area contributed by atoms with Crippen LogP contribution in [0.1, 0.15) is 5.56 Å². The molecule has 2 aromatic rings. The summed E-state index contributed by atoms with van der Waals surface area (Å²) in [4.78, 5) is 12.8. The van der Waals surface area contributed by atoms with Crippen molar-refractivity contribution in [2.75, 3.05) is 11.4 Å². The van der Waals surface area contributed by atoms with Gasteiger partial charge < -0.3 is 10.0 Å². The zero-order valence-electron chi connectivity index (χ0n) is 10.9. The van der Waals surface area contributed by atoms with Crippen molar-refractivity contribution in [1.82, 2.24) is 0 Å². The average molecular weight is 345 g/mol. The second-order valence-electron chi connectivity index (χ2n) is 4.48. The molecule has 2 rings (SSSR count). The minimum atomic E-state index is -0.921. The molecule has 0 atom stereocenters. The van der Waals surface area contributed by atoms with Gasteiger partial charge in [-0.2, -0.15) is 0 Å². The molecule has 0 bridgehead atoms. The van der Waals surface area contributed by atoms with Crippen molar-refractivity contribution in [3.8, 4) is 0 Å². The van der Waals surface area contributed by atoms with Crippen LogP contribution < -0.4 is 4.90 Å². The summed E-state index contributed by atoms with van der Waals surface area (Å²) in [5.74, 6) is -0.921. The third-order valence-corrected chi connectivity index (χ3v) is 3.83. The molecule has 110 valence electrons. The van der Waals surface area contributed by atoms with Gasteiger partial charge in [0, 0.05) is 17.3 Å². The summed E-state index contributed by atoms with van der Waals surface area (Å²) in [7, 11) is 0. The third kappa shape index (κ3) is 4.53. The molecule has 2 aromatic carbocycles. The molecule has 3 nitrogen and oxygen atoms in total. The van der Waals surface area contributed by atoms with Gasteiger partial charge in [-0.05, 0) is 35.9 Å². The van der Waals surface area contributed by atoms with Crippen molar-refractivity contribution < 1.29 is 9.90 Å². The Kier molecular flexibility index (Phi) is 5.34. The van der Waals surface area contributed by atoms with Gasteiger partial charge in [0.05, 0.1) is 10.0 Å². The number of hydrogen-bond donors (Lipinski definition) is 1. The van der Waals surface area contributed by atoms with Crippen molar-refractivity contribution in [3.05, 3.63) is 63.1 Å². The number of anilines is 1. The molecule has 0 aromatic heterocycles. The Morgan fingerprint density at radius 1 is 1.05 bits per heavy atom. The monoisotopic (exact) mass is 343 g/mol. The molecular weight excluding hydrogens is 333 g/mol. The van der Waals surface area contributed by atoms with Crippen molar-refractivity contribution in [2.24, 2.45) is 0 Å². The number of nitrogens with zero attached hydrogens (tertiary/aromatic N) is 1. The lowest BCUT2D eigenvalue weighted by molar-refractivity contribution is -0.135. The molecule has 0 amide bonds. The first-order valence-electron chi connectivity index (χ1n) is 6.12. The number of halogens is 3. The Bertz CT molecular complexity index is 661. The fourth-order valence-corrected chi connectivity index (χ4v) is 2.44. The molecule has 0 fully saturated rings. The lowest BCUT2D eigenvalue weighted by atomic mass is 10.2. The molecule has 0 aliphatic heterocycles. The van der Waals surface area contributed by atoms with Crippen LogP contribution in [-0.2, 0) is 11.3 Å². The first-order valence-corrected chi connectivity index (χ1v) is 7.25. The summed E-state index contributed by atoms with van der Waals surface area (Å²) in [5.41, 5.74) is 1.60. The lowest BCUT2D eigenvalue weighted by Crippen LogP contribution is -2.29. The van der Waals surface area contributed by atoms with E-state index in [4.69, 9.17) is 39.9 Å². The highest BCUT2D eigenvalue weighted by molar-refractivity contribution is 6.42. The van der Waals surface area contributed by atoms with Crippen LogP contribution >= 0.6 is 34.8 Å². The van der Waals surface area contributed by atoms with Gasteiger partial charge in [0.2, 0.25) is 0 Å². The SMILES string of the molecule is O=C(O)CN(Cc1ccc(Cl)c(Cl)c1)c1cccc(Cl)c1. The minimum Gasteiger partial charge on any atom is -0.480 e. The summed E-state index contributed by atoms with van der Waals surface area (Å²) in [5, 5.41) is 10.5. The lowest BCUT2D eigenvalue weighted by Gasteiger charge is -2.23. The molecule has 0 heterocycles. The smallest absolute Gasteiger partial charge is 0.323 e. The van der Waals surface area contributed by atoms with Crippen LogP contribution in [0.2, 0.25) is 15.1 Å². The fourth-order valence-electron chi connectivity index (χ4n) is 1.93. The Morgan fingerprint density at radius 2 is 1.81 bits per heavy atom. The maximum Gasteiger partial charge on any atom is 0.323 e. The number of carbonyl (C=O) groups is 1. The first kappa shape index (κ1) is 16.0. The second-order valence-corrected chi connectivity index (χ2v) is 5.73. The van der Waals surface area contributed by atoms with E-state index >= 15 is 0 Å². The van der Waals surface area contributed by atoms with Crippen molar-refractivity contribution >= 4 is 46.5 Å². The van der Waals surface area contributed by atoms with Gasteiger partial charge in [-0.15, -0.1) is 0 Å². The van der Waals surface area contributed by atoms with Crippen LogP contribution in [0.5, 0.6) is 0 Å². The van der Waals surface area contributed by atoms with Gasteiger partial charge in [0.25, 0.3) is 0 Å². The van der Waals surface area contributed by atoms with E-state index in [9.17, 15) is 4.79 Å². The molecule has 0 saturated heterocycles. The van der Waals surface area contributed by atoms with Gasteiger partial charge in [-0.3, -0.25) is 4.79 Å². The van der Waals surface area contributed by atoms with Crippen molar-refractivity contribution in [2.45, 2.75) is 6.54 Å². The molecule has 0 saturated carbocycles. The minimum absolute atomic E-state index is 0.138. The topological polar surface area (TPSA) is 40.5 Å². The van der Waals surface area contributed by atoms with E-state index in [-0.39, 0.29) is 6.54 Å². The van der Waals surface area contributed by atoms with Crippen molar-refractivity contribution in [3.63, 3.8) is 0 Å². The number of benzene rings is 2. The Labute approximate surface area is 137 Å². The molecule has 6 heteroatoms. The average Bonchev–Trinajstić information content (AvgIpc) is 2.42. The van der Waals surface area contributed by atoms with Crippen LogP contribution in [0.4, 0.5) is 5.69 Å². The molecule has 0 aliphatic rings. The Hall–Kier alpha value is -1.42. The highest BCUT2D eigenvalue weighted by atomic mass is 35.5. The van der Waals surface area contributed by atoms with Crippen LogP contribution in [-0.4, -0.2) is 17.6 Å². The van der Waals surface area contributed by atoms with E-state index in [1.807, 2.05) is 12.1 Å². The standard InChI is InChI=1S/C15H12Cl3NO2/c16-11-2-1-3-12(7-11)19(9-15(20)21)8-10-4-5-13(17)14(18)6-10/h1-7H,8-9H2,(H,20,21). The van der Waals surface area contributed by atoms with E-state index < -0.39 is 5.97 Å². The van der Waals surface area contributed by atoms with E-state index in [0.717, 1.165) is 11.3 Å². The maximum atomic E-state index is 11.1. The van der Waals surface area contributed by atoms with Crippen molar-refractivity contribution in [1.29, 1.82) is 0 Å². The van der Waals surface area contributed by atoms with Gasteiger partial charge in [0.1, 0.15) is 6.54 Å². The molecule has 21 heavy (non-hydrogen) atoms. The summed E-state index contributed by atoms with van der Waals surface area (Å²) in [6.07, 6.45) is 0. The summed E-state index contributed by atoms with van der Waals surface area (Å²) < 4.78 is 0. The number of carboxylic acid groups (broad SMARTS) is 1. The largest absolute Gasteiger partial charge is 0.480 e.